The molecule has 0 saturated carbocycles. The third-order valence-electron chi connectivity index (χ3n) is 4.89. The summed E-state index contributed by atoms with van der Waals surface area (Å²) >= 11 is 0. The highest BCUT2D eigenvalue weighted by Crippen LogP contribution is 2.31. The Morgan fingerprint density at radius 3 is 3.13 bits per heavy atom. The first-order valence-corrected chi connectivity index (χ1v) is 8.64. The van der Waals surface area contributed by atoms with E-state index in [-0.39, 0.29) is 12.5 Å². The number of nitrogens with one attached hydrogen (secondary N) is 1. The lowest BCUT2D eigenvalue weighted by atomic mass is 10.0. The Hall–Kier alpha value is -1.59. The standard InChI is InChI=1S/C18H26N2O3/c1-2-20-7-3-4-15(20)12-19-18(22)16-11-13(5-8-21)10-14-6-9-23-17(14)16/h10-11,15,21H,2-9,12H2,1H3,(H,19,22)/t15-/m0/s1. The minimum absolute atomic E-state index is 0.0640. The summed E-state index contributed by atoms with van der Waals surface area (Å²) in [4.78, 5) is 15.1. The number of carbonyl (C=O) groups excluding carboxylic acids is 1. The molecule has 3 rings (SSSR count). The van der Waals surface area contributed by atoms with Crippen LogP contribution >= 0.6 is 0 Å². The molecule has 2 aliphatic heterocycles. The van der Waals surface area contributed by atoms with Crippen molar-refractivity contribution in [3.63, 3.8) is 0 Å². The molecule has 126 valence electrons. The molecule has 2 aliphatic rings. The van der Waals surface area contributed by atoms with E-state index in [0.29, 0.717) is 31.2 Å². The zero-order chi connectivity index (χ0) is 16.2. The van der Waals surface area contributed by atoms with Gasteiger partial charge < -0.3 is 15.2 Å². The Labute approximate surface area is 137 Å². The van der Waals surface area contributed by atoms with Gasteiger partial charge in [0.25, 0.3) is 5.91 Å². The van der Waals surface area contributed by atoms with Crippen molar-refractivity contribution in [1.29, 1.82) is 0 Å². The van der Waals surface area contributed by atoms with Gasteiger partial charge in [0.2, 0.25) is 0 Å². The summed E-state index contributed by atoms with van der Waals surface area (Å²) in [7, 11) is 0. The highest BCUT2D eigenvalue weighted by atomic mass is 16.5. The normalized spacial score (nSPS) is 20.3. The third-order valence-corrected chi connectivity index (χ3v) is 4.89. The SMILES string of the molecule is CCN1CCC[C@H]1CNC(=O)c1cc(CCO)cc2c1OCC2. The van der Waals surface area contributed by atoms with Crippen molar-refractivity contribution in [1.82, 2.24) is 10.2 Å². The molecule has 1 amide bonds. The van der Waals surface area contributed by atoms with Crippen LogP contribution in [0.3, 0.4) is 0 Å². The maximum absolute atomic E-state index is 12.6. The average molecular weight is 318 g/mol. The molecule has 0 aromatic heterocycles. The molecule has 0 spiro atoms. The second-order valence-electron chi connectivity index (χ2n) is 6.34. The molecular formula is C18H26N2O3. The highest BCUT2D eigenvalue weighted by molar-refractivity contribution is 5.97. The number of nitrogens with zero attached hydrogens (tertiary/aromatic N) is 1. The number of ether oxygens (including phenoxy) is 1. The molecule has 1 aromatic rings. The molecule has 1 aromatic carbocycles. The van der Waals surface area contributed by atoms with Gasteiger partial charge in [-0.15, -0.1) is 0 Å². The zero-order valence-electron chi connectivity index (χ0n) is 13.8. The molecule has 1 fully saturated rings. The Bertz CT molecular complexity index is 574. The van der Waals surface area contributed by atoms with Gasteiger partial charge >= 0.3 is 0 Å². The smallest absolute Gasteiger partial charge is 0.255 e. The van der Waals surface area contributed by atoms with Crippen molar-refractivity contribution in [3.8, 4) is 5.75 Å². The van der Waals surface area contributed by atoms with Gasteiger partial charge in [0.05, 0.1) is 12.2 Å². The van der Waals surface area contributed by atoms with Crippen molar-refractivity contribution in [2.45, 2.75) is 38.6 Å². The maximum atomic E-state index is 12.6. The van der Waals surface area contributed by atoms with E-state index in [4.69, 9.17) is 9.84 Å². The second kappa shape index (κ2) is 7.32. The highest BCUT2D eigenvalue weighted by Gasteiger charge is 2.25. The summed E-state index contributed by atoms with van der Waals surface area (Å²) in [6, 6.07) is 4.35. The molecule has 5 nitrogen and oxygen atoms in total. The van der Waals surface area contributed by atoms with E-state index in [0.717, 1.165) is 42.8 Å². The molecule has 23 heavy (non-hydrogen) atoms. The minimum atomic E-state index is -0.0640. The van der Waals surface area contributed by atoms with Crippen molar-refractivity contribution < 1.29 is 14.6 Å². The third kappa shape index (κ3) is 3.51. The molecule has 0 bridgehead atoms. The number of hydrogen-bond donors (Lipinski definition) is 2. The molecule has 5 heteroatoms. The topological polar surface area (TPSA) is 61.8 Å². The van der Waals surface area contributed by atoms with Crippen molar-refractivity contribution in [2.24, 2.45) is 0 Å². The van der Waals surface area contributed by atoms with Crippen molar-refractivity contribution in [2.75, 3.05) is 32.8 Å². The van der Waals surface area contributed by atoms with Crippen LogP contribution in [0.2, 0.25) is 0 Å². The number of likely N-dealkylation sites (N-methyl/N-ethyl adjacent to an activating group) is 1. The summed E-state index contributed by atoms with van der Waals surface area (Å²) in [5.41, 5.74) is 2.69. The second-order valence-corrected chi connectivity index (χ2v) is 6.34. The van der Waals surface area contributed by atoms with E-state index >= 15 is 0 Å². The number of aliphatic hydroxyl groups excluding tert-OH is 1. The largest absolute Gasteiger partial charge is 0.492 e. The van der Waals surface area contributed by atoms with E-state index < -0.39 is 0 Å². The number of amides is 1. The number of fused-ring (bicyclic) bond motifs is 1. The van der Waals surface area contributed by atoms with Crippen LogP contribution in [0.5, 0.6) is 5.75 Å². The first-order chi connectivity index (χ1) is 11.2. The zero-order valence-corrected chi connectivity index (χ0v) is 13.8. The molecular weight excluding hydrogens is 292 g/mol. The van der Waals surface area contributed by atoms with E-state index in [9.17, 15) is 4.79 Å². The van der Waals surface area contributed by atoms with Gasteiger partial charge in [0.1, 0.15) is 5.75 Å². The maximum Gasteiger partial charge on any atom is 0.255 e. The quantitative estimate of drug-likeness (QED) is 0.832. The Morgan fingerprint density at radius 2 is 2.35 bits per heavy atom. The van der Waals surface area contributed by atoms with Gasteiger partial charge in [0, 0.05) is 25.6 Å². The van der Waals surface area contributed by atoms with Crippen LogP contribution in [0.25, 0.3) is 0 Å². The van der Waals surface area contributed by atoms with Crippen molar-refractivity contribution >= 4 is 5.91 Å². The number of carbonyl (C=O) groups is 1. The first kappa shape index (κ1) is 16.3. The number of rotatable bonds is 6. The lowest BCUT2D eigenvalue weighted by Gasteiger charge is -2.23. The van der Waals surface area contributed by atoms with Crippen LogP contribution in [0, 0.1) is 0 Å². The Balaban J connectivity index is 1.71. The summed E-state index contributed by atoms with van der Waals surface area (Å²) in [6.07, 6.45) is 3.76. The van der Waals surface area contributed by atoms with Crippen LogP contribution in [0.15, 0.2) is 12.1 Å². The molecule has 2 heterocycles. The van der Waals surface area contributed by atoms with Gasteiger partial charge in [-0.2, -0.15) is 0 Å². The molecule has 0 aliphatic carbocycles. The number of hydrogen-bond acceptors (Lipinski definition) is 4. The van der Waals surface area contributed by atoms with Gasteiger partial charge in [-0.05, 0) is 49.5 Å². The summed E-state index contributed by atoms with van der Waals surface area (Å²) < 4.78 is 5.66. The van der Waals surface area contributed by atoms with Crippen LogP contribution in [-0.4, -0.2) is 54.8 Å². The average Bonchev–Trinajstić information content (AvgIpc) is 3.20. The van der Waals surface area contributed by atoms with Gasteiger partial charge in [-0.25, -0.2) is 0 Å². The predicted octanol–water partition coefficient (Wildman–Crippen LogP) is 1.37. The minimum Gasteiger partial charge on any atom is -0.492 e. The molecule has 1 saturated heterocycles. The number of aliphatic hydroxyl groups is 1. The van der Waals surface area contributed by atoms with E-state index in [1.54, 1.807) is 0 Å². The van der Waals surface area contributed by atoms with Gasteiger partial charge in [0.15, 0.2) is 0 Å². The molecule has 1 atom stereocenters. The Morgan fingerprint density at radius 1 is 1.48 bits per heavy atom. The van der Waals surface area contributed by atoms with Crippen LogP contribution in [-0.2, 0) is 12.8 Å². The molecule has 2 N–H and O–H groups in total. The first-order valence-electron chi connectivity index (χ1n) is 8.64. The Kier molecular flexibility index (Phi) is 5.18. The fourth-order valence-corrected chi connectivity index (χ4v) is 3.66. The van der Waals surface area contributed by atoms with E-state index in [1.165, 1.54) is 6.42 Å². The molecule has 0 unspecified atom stereocenters. The predicted molar refractivity (Wildman–Crippen MR) is 89.0 cm³/mol. The van der Waals surface area contributed by atoms with E-state index in [1.807, 2.05) is 12.1 Å². The van der Waals surface area contributed by atoms with E-state index in [2.05, 4.69) is 17.1 Å². The van der Waals surface area contributed by atoms with Crippen LogP contribution in [0.4, 0.5) is 0 Å². The number of benzene rings is 1. The van der Waals surface area contributed by atoms with Crippen LogP contribution < -0.4 is 10.1 Å². The van der Waals surface area contributed by atoms with Gasteiger partial charge in [-0.1, -0.05) is 13.0 Å². The summed E-state index contributed by atoms with van der Waals surface area (Å²) in [5, 5.41) is 12.2. The summed E-state index contributed by atoms with van der Waals surface area (Å²) in [6.45, 7) is 5.73. The fourth-order valence-electron chi connectivity index (χ4n) is 3.66. The van der Waals surface area contributed by atoms with Crippen molar-refractivity contribution in [3.05, 3.63) is 28.8 Å². The van der Waals surface area contributed by atoms with Gasteiger partial charge in [-0.3, -0.25) is 9.69 Å². The summed E-state index contributed by atoms with van der Waals surface area (Å²) in [5.74, 6) is 0.661. The fraction of sp³-hybridized carbons (Fsp3) is 0.611. The monoisotopic (exact) mass is 318 g/mol. The lowest BCUT2D eigenvalue weighted by Crippen LogP contribution is -2.40. The number of likely N-dealkylation sites (tertiary alicyclic amines) is 1. The van der Waals surface area contributed by atoms with Crippen LogP contribution in [0.1, 0.15) is 41.3 Å². The lowest BCUT2D eigenvalue weighted by molar-refractivity contribution is 0.0938. The molecule has 0 radical (unpaired) electrons.